The quantitative estimate of drug-likeness (QED) is 0.608. The summed E-state index contributed by atoms with van der Waals surface area (Å²) >= 11 is 0. The topological polar surface area (TPSA) is 39.7 Å². The second-order valence-electron chi connectivity index (χ2n) is 5.13. The fourth-order valence-electron chi connectivity index (χ4n) is 2.26. The van der Waals surface area contributed by atoms with Gasteiger partial charge in [0.25, 0.3) is 0 Å². The Labute approximate surface area is 111 Å². The number of hydrogen-bond donors (Lipinski definition) is 1. The Hall–Kier alpha value is -0.160. The van der Waals surface area contributed by atoms with Crippen molar-refractivity contribution in [2.45, 2.75) is 38.6 Å². The van der Waals surface area contributed by atoms with Crippen molar-refractivity contribution in [2.75, 3.05) is 46.7 Å². The van der Waals surface area contributed by atoms with Gasteiger partial charge in [0.15, 0.2) is 0 Å². The van der Waals surface area contributed by atoms with Gasteiger partial charge in [-0.2, -0.15) is 0 Å². The molecule has 0 aromatic rings. The Kier molecular flexibility index (Phi) is 9.48. The summed E-state index contributed by atoms with van der Waals surface area (Å²) in [6.45, 7) is 6.72. The first-order valence-corrected chi connectivity index (χ1v) is 7.20. The highest BCUT2D eigenvalue weighted by molar-refractivity contribution is 4.74. The monoisotopic (exact) mass is 259 g/mol. The van der Waals surface area contributed by atoms with E-state index in [1.165, 1.54) is 25.7 Å². The van der Waals surface area contributed by atoms with E-state index in [9.17, 15) is 0 Å². The minimum atomic E-state index is 0.651. The molecule has 1 N–H and O–H groups in total. The van der Waals surface area contributed by atoms with Crippen LogP contribution in [0.25, 0.3) is 0 Å². The molecule has 0 atom stereocenters. The van der Waals surface area contributed by atoms with Gasteiger partial charge in [-0.15, -0.1) is 0 Å². The average molecular weight is 259 g/mol. The van der Waals surface area contributed by atoms with Crippen molar-refractivity contribution in [3.05, 3.63) is 0 Å². The first-order chi connectivity index (χ1) is 8.83. The van der Waals surface area contributed by atoms with E-state index in [-0.39, 0.29) is 0 Å². The second kappa shape index (κ2) is 10.7. The van der Waals surface area contributed by atoms with Crippen molar-refractivity contribution in [2.24, 2.45) is 5.92 Å². The van der Waals surface area contributed by atoms with Crippen LogP contribution in [0.2, 0.25) is 0 Å². The SMILES string of the molecule is COCCOCCOCCNC1CCC(C)CC1. The van der Waals surface area contributed by atoms with Crippen molar-refractivity contribution in [1.82, 2.24) is 5.32 Å². The van der Waals surface area contributed by atoms with E-state index in [1.54, 1.807) is 7.11 Å². The molecule has 0 aromatic heterocycles. The van der Waals surface area contributed by atoms with Crippen molar-refractivity contribution in [3.63, 3.8) is 0 Å². The van der Waals surface area contributed by atoms with Gasteiger partial charge in [-0.25, -0.2) is 0 Å². The lowest BCUT2D eigenvalue weighted by molar-refractivity contribution is 0.0250. The minimum Gasteiger partial charge on any atom is -0.382 e. The molecule has 0 aromatic carbocycles. The summed E-state index contributed by atoms with van der Waals surface area (Å²) < 4.78 is 15.7. The molecule has 1 aliphatic rings. The van der Waals surface area contributed by atoms with Crippen LogP contribution in [0.15, 0.2) is 0 Å². The maximum Gasteiger partial charge on any atom is 0.0701 e. The maximum atomic E-state index is 5.50. The van der Waals surface area contributed by atoms with Crippen molar-refractivity contribution in [3.8, 4) is 0 Å². The lowest BCUT2D eigenvalue weighted by atomic mass is 9.87. The molecule has 108 valence electrons. The summed E-state index contributed by atoms with van der Waals surface area (Å²) in [6.07, 6.45) is 5.38. The number of rotatable bonds is 10. The summed E-state index contributed by atoms with van der Waals surface area (Å²) in [5, 5.41) is 3.57. The average Bonchev–Trinajstić information content (AvgIpc) is 2.39. The highest BCUT2D eigenvalue weighted by atomic mass is 16.5. The van der Waals surface area contributed by atoms with E-state index < -0.39 is 0 Å². The zero-order valence-electron chi connectivity index (χ0n) is 12.0. The van der Waals surface area contributed by atoms with Gasteiger partial charge in [0.1, 0.15) is 0 Å². The molecule has 0 bridgehead atoms. The third kappa shape index (κ3) is 8.03. The number of ether oxygens (including phenoxy) is 3. The van der Waals surface area contributed by atoms with E-state index in [0.29, 0.717) is 32.5 Å². The van der Waals surface area contributed by atoms with Crippen molar-refractivity contribution < 1.29 is 14.2 Å². The van der Waals surface area contributed by atoms with Crippen LogP contribution in [0.5, 0.6) is 0 Å². The largest absolute Gasteiger partial charge is 0.382 e. The van der Waals surface area contributed by atoms with Gasteiger partial charge < -0.3 is 19.5 Å². The standard InChI is InChI=1S/C14H29NO3/c1-13-3-5-14(6-4-13)15-7-8-17-11-12-18-10-9-16-2/h13-15H,3-12H2,1-2H3. The Morgan fingerprint density at radius 3 is 2.17 bits per heavy atom. The zero-order valence-corrected chi connectivity index (χ0v) is 12.0. The van der Waals surface area contributed by atoms with E-state index in [1.807, 2.05) is 0 Å². The van der Waals surface area contributed by atoms with Gasteiger partial charge in [0.2, 0.25) is 0 Å². The smallest absolute Gasteiger partial charge is 0.0701 e. The molecular weight excluding hydrogens is 230 g/mol. The van der Waals surface area contributed by atoms with Crippen LogP contribution < -0.4 is 5.32 Å². The van der Waals surface area contributed by atoms with Gasteiger partial charge in [-0.3, -0.25) is 0 Å². The second-order valence-corrected chi connectivity index (χ2v) is 5.13. The van der Waals surface area contributed by atoms with Gasteiger partial charge >= 0.3 is 0 Å². The molecule has 0 radical (unpaired) electrons. The van der Waals surface area contributed by atoms with Crippen molar-refractivity contribution >= 4 is 0 Å². The van der Waals surface area contributed by atoms with Crippen LogP contribution in [-0.2, 0) is 14.2 Å². The van der Waals surface area contributed by atoms with Crippen LogP contribution in [0.4, 0.5) is 0 Å². The summed E-state index contributed by atoms with van der Waals surface area (Å²) in [5.41, 5.74) is 0. The first kappa shape index (κ1) is 15.9. The van der Waals surface area contributed by atoms with Gasteiger partial charge in [-0.1, -0.05) is 6.92 Å². The van der Waals surface area contributed by atoms with Gasteiger partial charge in [-0.05, 0) is 31.6 Å². The molecule has 1 fully saturated rings. The minimum absolute atomic E-state index is 0.651. The lowest BCUT2D eigenvalue weighted by Gasteiger charge is -2.26. The van der Waals surface area contributed by atoms with Crippen LogP contribution >= 0.6 is 0 Å². The third-order valence-corrected chi connectivity index (χ3v) is 3.50. The summed E-state index contributed by atoms with van der Waals surface area (Å²) in [7, 11) is 1.68. The molecule has 4 nitrogen and oxygen atoms in total. The molecule has 0 heterocycles. The Morgan fingerprint density at radius 2 is 1.50 bits per heavy atom. The van der Waals surface area contributed by atoms with E-state index >= 15 is 0 Å². The number of methoxy groups -OCH3 is 1. The molecule has 0 amide bonds. The van der Waals surface area contributed by atoms with E-state index in [4.69, 9.17) is 14.2 Å². The maximum absolute atomic E-state index is 5.50. The van der Waals surface area contributed by atoms with Gasteiger partial charge in [0, 0.05) is 19.7 Å². The van der Waals surface area contributed by atoms with Crippen LogP contribution in [-0.4, -0.2) is 52.7 Å². The van der Waals surface area contributed by atoms with Gasteiger partial charge in [0.05, 0.1) is 33.0 Å². The molecule has 0 spiro atoms. The molecule has 0 saturated heterocycles. The number of nitrogens with one attached hydrogen (secondary N) is 1. The molecule has 4 heteroatoms. The lowest BCUT2D eigenvalue weighted by Crippen LogP contribution is -2.35. The molecular formula is C14H29NO3. The Morgan fingerprint density at radius 1 is 0.889 bits per heavy atom. The van der Waals surface area contributed by atoms with Crippen LogP contribution in [0.3, 0.4) is 0 Å². The van der Waals surface area contributed by atoms with Crippen LogP contribution in [0, 0.1) is 5.92 Å². The highest BCUT2D eigenvalue weighted by Gasteiger charge is 2.16. The third-order valence-electron chi connectivity index (χ3n) is 3.50. The summed E-state index contributed by atoms with van der Waals surface area (Å²) in [5.74, 6) is 0.920. The molecule has 1 saturated carbocycles. The fourth-order valence-corrected chi connectivity index (χ4v) is 2.26. The fraction of sp³-hybridized carbons (Fsp3) is 1.00. The first-order valence-electron chi connectivity index (χ1n) is 7.20. The molecule has 1 rings (SSSR count). The number of hydrogen-bond acceptors (Lipinski definition) is 4. The molecule has 0 unspecified atom stereocenters. The summed E-state index contributed by atoms with van der Waals surface area (Å²) in [4.78, 5) is 0. The zero-order chi connectivity index (χ0) is 13.1. The predicted octanol–water partition coefficient (Wildman–Crippen LogP) is 1.83. The van der Waals surface area contributed by atoms with Crippen molar-refractivity contribution in [1.29, 1.82) is 0 Å². The molecule has 18 heavy (non-hydrogen) atoms. The summed E-state index contributed by atoms with van der Waals surface area (Å²) in [6, 6.07) is 0.711. The van der Waals surface area contributed by atoms with Crippen LogP contribution in [0.1, 0.15) is 32.6 Å². The Bertz CT molecular complexity index is 182. The molecule has 0 aliphatic heterocycles. The highest BCUT2D eigenvalue weighted by Crippen LogP contribution is 2.23. The Balaban J connectivity index is 1.78. The normalized spacial score (nSPS) is 24.3. The predicted molar refractivity (Wildman–Crippen MR) is 72.9 cm³/mol. The molecule has 1 aliphatic carbocycles. The van der Waals surface area contributed by atoms with E-state index in [2.05, 4.69) is 12.2 Å². The van der Waals surface area contributed by atoms with E-state index in [0.717, 1.165) is 19.1 Å².